The number of hydrogen-bond acceptors (Lipinski definition) is 4. The van der Waals surface area contributed by atoms with Crippen LogP contribution in [0.4, 0.5) is 5.69 Å². The van der Waals surface area contributed by atoms with Crippen LogP contribution >= 0.6 is 11.8 Å². The van der Waals surface area contributed by atoms with Crippen molar-refractivity contribution in [2.45, 2.75) is 17.9 Å². The highest BCUT2D eigenvalue weighted by atomic mass is 32.2. The molecule has 4 nitrogen and oxygen atoms in total. The lowest BCUT2D eigenvalue weighted by Gasteiger charge is -2.14. The van der Waals surface area contributed by atoms with Crippen molar-refractivity contribution in [3.05, 3.63) is 59.7 Å². The molecule has 0 aromatic heterocycles. The second-order valence-electron chi connectivity index (χ2n) is 4.95. The Morgan fingerprint density at radius 3 is 2.61 bits per heavy atom. The summed E-state index contributed by atoms with van der Waals surface area (Å²) in [5.41, 5.74) is 2.40. The fourth-order valence-electron chi connectivity index (χ4n) is 1.95. The van der Waals surface area contributed by atoms with Gasteiger partial charge in [0.1, 0.15) is 5.75 Å². The van der Waals surface area contributed by atoms with Gasteiger partial charge in [-0.15, -0.1) is 11.8 Å². The fraction of sp³-hybridized carbons (Fsp3) is 0.222. The summed E-state index contributed by atoms with van der Waals surface area (Å²) in [6.45, 7) is 1.87. The van der Waals surface area contributed by atoms with Crippen LogP contribution in [0.5, 0.6) is 5.75 Å². The van der Waals surface area contributed by atoms with E-state index in [1.807, 2.05) is 43.3 Å². The summed E-state index contributed by atoms with van der Waals surface area (Å²) in [7, 11) is 1.58. The van der Waals surface area contributed by atoms with Crippen LogP contribution in [0, 0.1) is 11.3 Å². The van der Waals surface area contributed by atoms with Gasteiger partial charge >= 0.3 is 0 Å². The predicted octanol–water partition coefficient (Wildman–Crippen LogP) is 3.83. The number of benzene rings is 2. The number of nitriles is 1. The van der Waals surface area contributed by atoms with Crippen molar-refractivity contribution in [1.29, 1.82) is 5.26 Å². The third kappa shape index (κ3) is 4.76. The van der Waals surface area contributed by atoms with Gasteiger partial charge in [0.2, 0.25) is 5.91 Å². The number of carbonyl (C=O) groups is 1. The third-order valence-corrected chi connectivity index (χ3v) is 4.53. The zero-order valence-electron chi connectivity index (χ0n) is 13.1. The number of nitrogens with zero attached hydrogens (tertiary/aromatic N) is 1. The van der Waals surface area contributed by atoms with Crippen LogP contribution < -0.4 is 10.1 Å². The molecular formula is C18H18N2O2S. The van der Waals surface area contributed by atoms with E-state index in [2.05, 4.69) is 11.4 Å². The van der Waals surface area contributed by atoms with Gasteiger partial charge in [-0.2, -0.15) is 5.26 Å². The predicted molar refractivity (Wildman–Crippen MR) is 93.5 cm³/mol. The van der Waals surface area contributed by atoms with Gasteiger partial charge in [0.15, 0.2) is 0 Å². The van der Waals surface area contributed by atoms with Crippen LogP contribution in [0.25, 0.3) is 0 Å². The van der Waals surface area contributed by atoms with Crippen LogP contribution in [0.1, 0.15) is 18.1 Å². The number of rotatable bonds is 6. The molecule has 0 aliphatic heterocycles. The number of anilines is 1. The lowest BCUT2D eigenvalue weighted by Crippen LogP contribution is -2.22. The van der Waals surface area contributed by atoms with Gasteiger partial charge in [0.05, 0.1) is 29.7 Å². The summed E-state index contributed by atoms with van der Waals surface area (Å²) < 4.78 is 5.23. The summed E-state index contributed by atoms with van der Waals surface area (Å²) in [6.07, 6.45) is 0. The zero-order chi connectivity index (χ0) is 16.7. The number of para-hydroxylation sites is 2. The molecule has 1 N–H and O–H groups in total. The summed E-state index contributed by atoms with van der Waals surface area (Å²) in [5, 5.41) is 11.5. The van der Waals surface area contributed by atoms with E-state index in [0.29, 0.717) is 22.8 Å². The number of hydrogen-bond donors (Lipinski definition) is 1. The molecule has 5 heteroatoms. The maximum absolute atomic E-state index is 12.3. The molecule has 1 unspecified atom stereocenters. The van der Waals surface area contributed by atoms with Crippen LogP contribution in [0.15, 0.2) is 48.5 Å². The number of nitrogens with one attached hydrogen (secondary N) is 1. The molecule has 0 radical (unpaired) electrons. The molecule has 23 heavy (non-hydrogen) atoms. The first kappa shape index (κ1) is 16.9. The van der Waals surface area contributed by atoms with E-state index in [-0.39, 0.29) is 11.2 Å². The average Bonchev–Trinajstić information content (AvgIpc) is 2.60. The lowest BCUT2D eigenvalue weighted by molar-refractivity contribution is -0.115. The van der Waals surface area contributed by atoms with Crippen molar-refractivity contribution >= 4 is 23.4 Å². The van der Waals surface area contributed by atoms with Crippen molar-refractivity contribution in [2.75, 3.05) is 12.4 Å². The topological polar surface area (TPSA) is 62.1 Å². The van der Waals surface area contributed by atoms with Gasteiger partial charge in [-0.1, -0.05) is 24.3 Å². The van der Waals surface area contributed by atoms with Gasteiger partial charge < -0.3 is 10.1 Å². The highest BCUT2D eigenvalue weighted by molar-refractivity contribution is 7.99. The number of thioether (sulfide) groups is 1. The number of amides is 1. The van der Waals surface area contributed by atoms with Crippen LogP contribution in [0.2, 0.25) is 0 Å². The maximum atomic E-state index is 12.3. The second-order valence-corrected chi connectivity index (χ2v) is 6.28. The molecule has 1 atom stereocenters. The molecule has 0 saturated carbocycles. The number of methoxy groups -OCH3 is 1. The Labute approximate surface area is 140 Å². The largest absolute Gasteiger partial charge is 0.495 e. The molecule has 2 aromatic carbocycles. The Bertz CT molecular complexity index is 708. The van der Waals surface area contributed by atoms with E-state index in [0.717, 1.165) is 5.56 Å². The van der Waals surface area contributed by atoms with E-state index in [4.69, 9.17) is 10.00 Å². The van der Waals surface area contributed by atoms with Crippen molar-refractivity contribution in [1.82, 2.24) is 0 Å². The molecule has 0 spiro atoms. The first-order valence-corrected chi connectivity index (χ1v) is 8.23. The minimum atomic E-state index is -0.199. The first-order valence-electron chi connectivity index (χ1n) is 7.18. The monoisotopic (exact) mass is 326 g/mol. The van der Waals surface area contributed by atoms with E-state index < -0.39 is 0 Å². The normalized spacial score (nSPS) is 11.3. The molecule has 118 valence electrons. The van der Waals surface area contributed by atoms with Crippen molar-refractivity contribution in [3.63, 3.8) is 0 Å². The van der Waals surface area contributed by atoms with E-state index in [9.17, 15) is 4.79 Å². The molecule has 0 bridgehead atoms. The van der Waals surface area contributed by atoms with Crippen LogP contribution in [-0.4, -0.2) is 18.3 Å². The molecule has 2 aromatic rings. The standard InChI is InChI=1S/C18H18N2O2S/c1-13(23-12-15-9-7-14(11-19)8-10-15)18(21)20-16-5-3-4-6-17(16)22-2/h3-10,13H,12H2,1-2H3,(H,20,21). The SMILES string of the molecule is COc1ccccc1NC(=O)C(C)SCc1ccc(C#N)cc1. The maximum Gasteiger partial charge on any atom is 0.237 e. The zero-order valence-corrected chi connectivity index (χ0v) is 13.9. The highest BCUT2D eigenvalue weighted by Gasteiger charge is 2.15. The fourth-order valence-corrected chi connectivity index (χ4v) is 2.80. The van der Waals surface area contributed by atoms with Crippen LogP contribution in [0.3, 0.4) is 0 Å². The average molecular weight is 326 g/mol. The summed E-state index contributed by atoms with van der Waals surface area (Å²) >= 11 is 1.55. The molecule has 0 saturated heterocycles. The Kier molecular flexibility index (Phi) is 6.07. The Morgan fingerprint density at radius 1 is 1.26 bits per heavy atom. The molecule has 0 fully saturated rings. The molecule has 2 rings (SSSR count). The highest BCUT2D eigenvalue weighted by Crippen LogP contribution is 2.25. The molecule has 0 aliphatic carbocycles. The minimum Gasteiger partial charge on any atom is -0.495 e. The summed E-state index contributed by atoms with van der Waals surface area (Å²) in [5.74, 6) is 1.30. The van der Waals surface area contributed by atoms with Gasteiger partial charge in [0, 0.05) is 5.75 Å². The first-order chi connectivity index (χ1) is 11.1. The van der Waals surface area contributed by atoms with E-state index in [1.54, 1.807) is 31.0 Å². The van der Waals surface area contributed by atoms with Crippen molar-refractivity contribution in [3.8, 4) is 11.8 Å². The van der Waals surface area contributed by atoms with Crippen molar-refractivity contribution < 1.29 is 9.53 Å². The minimum absolute atomic E-state index is 0.0619. The summed E-state index contributed by atoms with van der Waals surface area (Å²) in [4.78, 5) is 12.3. The molecule has 0 aliphatic rings. The Morgan fingerprint density at radius 2 is 1.96 bits per heavy atom. The second kappa shape index (κ2) is 8.25. The summed E-state index contributed by atoms with van der Waals surface area (Å²) in [6, 6.07) is 16.8. The Balaban J connectivity index is 1.90. The van der Waals surface area contributed by atoms with Gasteiger partial charge in [-0.25, -0.2) is 0 Å². The molecular weight excluding hydrogens is 308 g/mol. The Hall–Kier alpha value is -2.45. The van der Waals surface area contributed by atoms with Gasteiger partial charge in [0.25, 0.3) is 0 Å². The van der Waals surface area contributed by atoms with E-state index in [1.165, 1.54) is 0 Å². The number of ether oxygens (including phenoxy) is 1. The lowest BCUT2D eigenvalue weighted by atomic mass is 10.2. The third-order valence-electron chi connectivity index (χ3n) is 3.32. The van der Waals surface area contributed by atoms with E-state index >= 15 is 0 Å². The molecule has 1 amide bonds. The smallest absolute Gasteiger partial charge is 0.237 e. The molecule has 0 heterocycles. The van der Waals surface area contributed by atoms with Gasteiger partial charge in [-0.3, -0.25) is 4.79 Å². The van der Waals surface area contributed by atoms with Crippen LogP contribution in [-0.2, 0) is 10.5 Å². The van der Waals surface area contributed by atoms with Gasteiger partial charge in [-0.05, 0) is 36.8 Å². The quantitative estimate of drug-likeness (QED) is 0.876. The number of carbonyl (C=O) groups excluding carboxylic acids is 1. The van der Waals surface area contributed by atoms with Crippen molar-refractivity contribution in [2.24, 2.45) is 0 Å².